The molecule has 1 aliphatic heterocycles. The topological polar surface area (TPSA) is 49.6 Å². The third-order valence-electron chi connectivity index (χ3n) is 3.86. The maximum Gasteiger partial charge on any atom is 0.242 e. The summed E-state index contributed by atoms with van der Waals surface area (Å²) in [7, 11) is 1.87. The molecule has 1 fully saturated rings. The van der Waals surface area contributed by atoms with Crippen LogP contribution < -0.4 is 5.73 Å². The van der Waals surface area contributed by atoms with Crippen molar-refractivity contribution in [2.24, 2.45) is 11.1 Å². The van der Waals surface area contributed by atoms with Gasteiger partial charge in [-0.3, -0.25) is 9.69 Å². The molecule has 0 aromatic heterocycles. The van der Waals surface area contributed by atoms with E-state index in [2.05, 4.69) is 25.7 Å². The maximum atomic E-state index is 12.2. The third kappa shape index (κ3) is 2.63. The molecule has 0 aromatic carbocycles. The largest absolute Gasteiger partial charge is 0.343 e. The smallest absolute Gasteiger partial charge is 0.242 e. The maximum absolute atomic E-state index is 12.2. The SMILES string of the molecule is CN1CCN(C(CN)C(C)(C)C)C(C)(C)C1=O. The Labute approximate surface area is 105 Å². The van der Waals surface area contributed by atoms with E-state index in [4.69, 9.17) is 5.73 Å². The van der Waals surface area contributed by atoms with E-state index in [0.717, 1.165) is 13.1 Å². The van der Waals surface area contributed by atoms with Crippen LogP contribution in [0.4, 0.5) is 0 Å². The zero-order valence-corrected chi connectivity index (χ0v) is 12.1. The molecule has 0 bridgehead atoms. The Morgan fingerprint density at radius 2 is 1.88 bits per heavy atom. The lowest BCUT2D eigenvalue weighted by Gasteiger charge is -2.51. The van der Waals surface area contributed by atoms with Gasteiger partial charge in [-0.2, -0.15) is 0 Å². The van der Waals surface area contributed by atoms with Gasteiger partial charge in [-0.25, -0.2) is 0 Å². The normalized spacial score (nSPS) is 23.9. The molecule has 4 heteroatoms. The quantitative estimate of drug-likeness (QED) is 0.782. The van der Waals surface area contributed by atoms with Gasteiger partial charge in [0.15, 0.2) is 0 Å². The van der Waals surface area contributed by atoms with E-state index in [-0.39, 0.29) is 17.4 Å². The van der Waals surface area contributed by atoms with Crippen LogP contribution in [0.5, 0.6) is 0 Å². The first kappa shape index (κ1) is 14.5. The summed E-state index contributed by atoms with van der Waals surface area (Å²) in [5.74, 6) is 0.187. The first-order valence-electron chi connectivity index (χ1n) is 6.34. The molecular weight excluding hydrogens is 214 g/mol. The minimum Gasteiger partial charge on any atom is -0.343 e. The van der Waals surface area contributed by atoms with Crippen molar-refractivity contribution in [3.8, 4) is 0 Å². The molecule has 1 rings (SSSR count). The minimum absolute atomic E-state index is 0.0855. The van der Waals surface area contributed by atoms with Crippen LogP contribution in [-0.4, -0.2) is 54.0 Å². The van der Waals surface area contributed by atoms with Crippen molar-refractivity contribution < 1.29 is 4.79 Å². The highest BCUT2D eigenvalue weighted by Gasteiger charge is 2.45. The van der Waals surface area contributed by atoms with Crippen LogP contribution in [0.3, 0.4) is 0 Å². The number of hydrogen-bond acceptors (Lipinski definition) is 3. The Morgan fingerprint density at radius 3 is 2.29 bits per heavy atom. The summed E-state index contributed by atoms with van der Waals surface area (Å²) in [5, 5.41) is 0. The predicted octanol–water partition coefficient (Wildman–Crippen LogP) is 0.912. The van der Waals surface area contributed by atoms with E-state index in [1.54, 1.807) is 0 Å². The monoisotopic (exact) mass is 241 g/mol. The number of carbonyl (C=O) groups is 1. The first-order chi connectivity index (χ1) is 7.62. The Kier molecular flexibility index (Phi) is 3.89. The lowest BCUT2D eigenvalue weighted by Crippen LogP contribution is -2.67. The molecule has 0 saturated carbocycles. The lowest BCUT2D eigenvalue weighted by molar-refractivity contribution is -0.151. The van der Waals surface area contributed by atoms with E-state index in [9.17, 15) is 4.79 Å². The van der Waals surface area contributed by atoms with Crippen molar-refractivity contribution >= 4 is 5.91 Å². The summed E-state index contributed by atoms with van der Waals surface area (Å²) in [6.45, 7) is 12.8. The predicted molar refractivity (Wildman–Crippen MR) is 70.7 cm³/mol. The number of hydrogen-bond donors (Lipinski definition) is 1. The highest BCUT2D eigenvalue weighted by atomic mass is 16.2. The molecule has 17 heavy (non-hydrogen) atoms. The van der Waals surface area contributed by atoms with Gasteiger partial charge in [0.1, 0.15) is 0 Å². The molecule has 1 saturated heterocycles. The summed E-state index contributed by atoms with van der Waals surface area (Å²) in [5.41, 5.74) is 5.56. The molecule has 0 aliphatic carbocycles. The molecule has 0 radical (unpaired) electrons. The number of likely N-dealkylation sites (N-methyl/N-ethyl adjacent to an activating group) is 1. The molecule has 1 heterocycles. The number of nitrogens with zero attached hydrogens (tertiary/aromatic N) is 2. The number of rotatable bonds is 2. The van der Waals surface area contributed by atoms with E-state index in [1.807, 2.05) is 25.8 Å². The summed E-state index contributed by atoms with van der Waals surface area (Å²) in [6.07, 6.45) is 0. The summed E-state index contributed by atoms with van der Waals surface area (Å²) in [4.78, 5) is 16.3. The summed E-state index contributed by atoms with van der Waals surface area (Å²) < 4.78 is 0. The van der Waals surface area contributed by atoms with Gasteiger partial charge in [0, 0.05) is 32.7 Å². The molecule has 1 unspecified atom stereocenters. The lowest BCUT2D eigenvalue weighted by atomic mass is 9.82. The van der Waals surface area contributed by atoms with E-state index >= 15 is 0 Å². The van der Waals surface area contributed by atoms with Gasteiger partial charge in [0.25, 0.3) is 0 Å². The van der Waals surface area contributed by atoms with Gasteiger partial charge in [-0.1, -0.05) is 20.8 Å². The zero-order chi connectivity index (χ0) is 13.4. The third-order valence-corrected chi connectivity index (χ3v) is 3.86. The molecule has 1 aliphatic rings. The van der Waals surface area contributed by atoms with Crippen LogP contribution in [0, 0.1) is 5.41 Å². The Bertz CT molecular complexity index is 294. The van der Waals surface area contributed by atoms with E-state index < -0.39 is 5.54 Å². The van der Waals surface area contributed by atoms with Gasteiger partial charge in [-0.05, 0) is 19.3 Å². The van der Waals surface area contributed by atoms with Crippen molar-refractivity contribution in [3.05, 3.63) is 0 Å². The van der Waals surface area contributed by atoms with E-state index in [1.165, 1.54) is 0 Å². The van der Waals surface area contributed by atoms with Crippen LogP contribution >= 0.6 is 0 Å². The van der Waals surface area contributed by atoms with Crippen LogP contribution in [0.2, 0.25) is 0 Å². The number of nitrogens with two attached hydrogens (primary N) is 1. The minimum atomic E-state index is -0.454. The van der Waals surface area contributed by atoms with Crippen LogP contribution in [0.1, 0.15) is 34.6 Å². The number of piperazine rings is 1. The van der Waals surface area contributed by atoms with Gasteiger partial charge in [0.05, 0.1) is 5.54 Å². The van der Waals surface area contributed by atoms with Gasteiger partial charge in [0.2, 0.25) is 5.91 Å². The van der Waals surface area contributed by atoms with Crippen LogP contribution in [0.25, 0.3) is 0 Å². The second-order valence-corrected chi connectivity index (χ2v) is 6.60. The standard InChI is InChI=1S/C13H27N3O/c1-12(2,3)10(9-14)16-8-7-15(6)11(17)13(16,4)5/h10H,7-9,14H2,1-6H3. The second kappa shape index (κ2) is 4.58. The fraction of sp³-hybridized carbons (Fsp3) is 0.923. The van der Waals surface area contributed by atoms with Crippen LogP contribution in [0.15, 0.2) is 0 Å². The van der Waals surface area contributed by atoms with Crippen molar-refractivity contribution in [1.29, 1.82) is 0 Å². The number of carbonyl (C=O) groups excluding carboxylic acids is 1. The Morgan fingerprint density at radius 1 is 1.35 bits per heavy atom. The molecule has 1 atom stereocenters. The van der Waals surface area contributed by atoms with Gasteiger partial charge in [-0.15, -0.1) is 0 Å². The average Bonchev–Trinajstić information content (AvgIpc) is 2.18. The van der Waals surface area contributed by atoms with E-state index in [0.29, 0.717) is 6.54 Å². The zero-order valence-electron chi connectivity index (χ0n) is 12.1. The Balaban J connectivity index is 3.01. The molecule has 2 N–H and O–H groups in total. The van der Waals surface area contributed by atoms with Crippen molar-refractivity contribution in [1.82, 2.24) is 9.80 Å². The van der Waals surface area contributed by atoms with Gasteiger partial charge >= 0.3 is 0 Å². The first-order valence-corrected chi connectivity index (χ1v) is 6.34. The molecule has 0 spiro atoms. The molecule has 0 aromatic rings. The number of amides is 1. The van der Waals surface area contributed by atoms with Crippen LogP contribution in [-0.2, 0) is 4.79 Å². The van der Waals surface area contributed by atoms with Gasteiger partial charge < -0.3 is 10.6 Å². The van der Waals surface area contributed by atoms with Crippen molar-refractivity contribution in [2.75, 3.05) is 26.7 Å². The molecule has 1 amide bonds. The second-order valence-electron chi connectivity index (χ2n) is 6.60. The van der Waals surface area contributed by atoms with Crippen molar-refractivity contribution in [3.63, 3.8) is 0 Å². The average molecular weight is 241 g/mol. The highest BCUT2D eigenvalue weighted by molar-refractivity contribution is 5.86. The highest BCUT2D eigenvalue weighted by Crippen LogP contribution is 2.32. The molecule has 100 valence electrons. The van der Waals surface area contributed by atoms with Crippen molar-refractivity contribution in [2.45, 2.75) is 46.2 Å². The summed E-state index contributed by atoms with van der Waals surface area (Å²) >= 11 is 0. The fourth-order valence-corrected chi connectivity index (χ4v) is 2.72. The molecular formula is C13H27N3O. The summed E-state index contributed by atoms with van der Waals surface area (Å²) in [6, 6.07) is 0.232. The molecule has 4 nitrogen and oxygen atoms in total. The Hall–Kier alpha value is -0.610. The fourth-order valence-electron chi connectivity index (χ4n) is 2.72.